The Morgan fingerprint density at radius 3 is 2.33 bits per heavy atom. The summed E-state index contributed by atoms with van der Waals surface area (Å²) in [5, 5.41) is 3.48. The van der Waals surface area contributed by atoms with Gasteiger partial charge < -0.3 is 5.32 Å². The van der Waals surface area contributed by atoms with Gasteiger partial charge in [-0.25, -0.2) is 9.97 Å². The van der Waals surface area contributed by atoms with Crippen LogP contribution in [0, 0.1) is 0 Å². The van der Waals surface area contributed by atoms with Crippen molar-refractivity contribution in [3.63, 3.8) is 0 Å². The van der Waals surface area contributed by atoms with Gasteiger partial charge in [-0.15, -0.1) is 0 Å². The predicted molar refractivity (Wildman–Crippen MR) is 76.4 cm³/mol. The summed E-state index contributed by atoms with van der Waals surface area (Å²) in [6.07, 6.45) is 12.8. The minimum absolute atomic E-state index is 0.322. The molecule has 1 rings (SSSR count). The van der Waals surface area contributed by atoms with E-state index in [9.17, 15) is 0 Å². The fourth-order valence-electron chi connectivity index (χ4n) is 2.19. The molecule has 1 N–H and O–H groups in total. The molecule has 0 saturated carbocycles. The van der Waals surface area contributed by atoms with E-state index < -0.39 is 0 Å². The lowest BCUT2D eigenvalue weighted by molar-refractivity contribution is 0.458. The van der Waals surface area contributed by atoms with Gasteiger partial charge in [-0.2, -0.15) is 0 Å². The average molecular weight is 249 g/mol. The lowest BCUT2D eigenvalue weighted by atomic mass is 10.1. The lowest BCUT2D eigenvalue weighted by Gasteiger charge is -2.15. The summed E-state index contributed by atoms with van der Waals surface area (Å²) in [4.78, 5) is 8.70. The van der Waals surface area contributed by atoms with Crippen LogP contribution < -0.4 is 5.32 Å². The molecule has 3 heteroatoms. The third-order valence-electron chi connectivity index (χ3n) is 3.19. The van der Waals surface area contributed by atoms with Gasteiger partial charge in [0.2, 0.25) is 0 Å². The van der Waals surface area contributed by atoms with Crippen molar-refractivity contribution in [1.29, 1.82) is 0 Å². The van der Waals surface area contributed by atoms with Crippen LogP contribution in [0.2, 0.25) is 0 Å². The molecular formula is C15H27N3. The fourth-order valence-corrected chi connectivity index (χ4v) is 2.19. The standard InChI is InChI=1S/C15H27N3/c1-3-5-6-7-8-9-11-14(16-4-2)15-17-12-10-13-18-15/h10,12-14,16H,3-9,11H2,1-2H3. The van der Waals surface area contributed by atoms with Gasteiger partial charge in [0.25, 0.3) is 0 Å². The molecule has 0 saturated heterocycles. The van der Waals surface area contributed by atoms with Crippen LogP contribution in [0.4, 0.5) is 0 Å². The molecule has 1 aromatic rings. The van der Waals surface area contributed by atoms with E-state index in [1.54, 1.807) is 0 Å². The van der Waals surface area contributed by atoms with Gasteiger partial charge in [-0.1, -0.05) is 52.4 Å². The first-order chi connectivity index (χ1) is 8.88. The molecule has 0 aromatic carbocycles. The fraction of sp³-hybridized carbons (Fsp3) is 0.733. The Morgan fingerprint density at radius 1 is 1.00 bits per heavy atom. The van der Waals surface area contributed by atoms with Crippen LogP contribution in [-0.2, 0) is 0 Å². The molecule has 0 bridgehead atoms. The van der Waals surface area contributed by atoms with Crippen molar-refractivity contribution in [2.75, 3.05) is 6.54 Å². The number of nitrogens with one attached hydrogen (secondary N) is 1. The highest BCUT2D eigenvalue weighted by atomic mass is 15.0. The number of rotatable bonds is 10. The summed E-state index contributed by atoms with van der Waals surface area (Å²) in [5.74, 6) is 0.938. The average Bonchev–Trinajstić information content (AvgIpc) is 2.42. The molecule has 0 aliphatic rings. The third-order valence-corrected chi connectivity index (χ3v) is 3.19. The SMILES string of the molecule is CCCCCCCCC(NCC)c1ncccn1. The van der Waals surface area contributed by atoms with Crippen LogP contribution in [0.5, 0.6) is 0 Å². The van der Waals surface area contributed by atoms with Crippen molar-refractivity contribution < 1.29 is 0 Å². The monoisotopic (exact) mass is 249 g/mol. The zero-order chi connectivity index (χ0) is 13.1. The molecule has 0 aliphatic heterocycles. The second-order valence-corrected chi connectivity index (χ2v) is 4.77. The Kier molecular flexibility index (Phi) is 8.40. The lowest BCUT2D eigenvalue weighted by Crippen LogP contribution is -2.22. The quantitative estimate of drug-likeness (QED) is 0.639. The van der Waals surface area contributed by atoms with Crippen molar-refractivity contribution >= 4 is 0 Å². The Balaban J connectivity index is 2.26. The largest absolute Gasteiger partial charge is 0.308 e. The van der Waals surface area contributed by atoms with E-state index in [0.717, 1.165) is 18.8 Å². The minimum Gasteiger partial charge on any atom is -0.308 e. The third kappa shape index (κ3) is 6.10. The molecule has 0 amide bonds. The van der Waals surface area contributed by atoms with Crippen molar-refractivity contribution in [3.8, 4) is 0 Å². The summed E-state index contributed by atoms with van der Waals surface area (Å²) in [6.45, 7) is 5.36. The number of aromatic nitrogens is 2. The Hall–Kier alpha value is -0.960. The van der Waals surface area contributed by atoms with E-state index in [2.05, 4.69) is 29.1 Å². The molecule has 1 aromatic heterocycles. The highest BCUT2D eigenvalue weighted by molar-refractivity contribution is 4.95. The number of nitrogens with zero attached hydrogens (tertiary/aromatic N) is 2. The maximum absolute atomic E-state index is 4.35. The molecule has 0 aliphatic carbocycles. The molecule has 1 heterocycles. The van der Waals surface area contributed by atoms with Crippen LogP contribution in [0.1, 0.15) is 70.7 Å². The zero-order valence-corrected chi connectivity index (χ0v) is 11.9. The molecule has 102 valence electrons. The van der Waals surface area contributed by atoms with Crippen molar-refractivity contribution in [2.45, 2.75) is 64.8 Å². The highest BCUT2D eigenvalue weighted by Crippen LogP contribution is 2.16. The van der Waals surface area contributed by atoms with Crippen molar-refractivity contribution in [1.82, 2.24) is 15.3 Å². The molecule has 0 fully saturated rings. The Bertz CT molecular complexity index is 287. The van der Waals surface area contributed by atoms with E-state index in [-0.39, 0.29) is 0 Å². The zero-order valence-electron chi connectivity index (χ0n) is 11.9. The summed E-state index contributed by atoms with van der Waals surface area (Å²) >= 11 is 0. The Labute approximate surface area is 111 Å². The first kappa shape index (κ1) is 15.1. The summed E-state index contributed by atoms with van der Waals surface area (Å²) in [5.41, 5.74) is 0. The summed E-state index contributed by atoms with van der Waals surface area (Å²) in [7, 11) is 0. The Morgan fingerprint density at radius 2 is 1.67 bits per heavy atom. The molecular weight excluding hydrogens is 222 g/mol. The van der Waals surface area contributed by atoms with Crippen LogP contribution in [0.3, 0.4) is 0 Å². The first-order valence-corrected chi connectivity index (χ1v) is 7.38. The number of unbranched alkanes of at least 4 members (excludes halogenated alkanes) is 5. The van der Waals surface area contributed by atoms with E-state index in [1.165, 1.54) is 38.5 Å². The summed E-state index contributed by atoms with van der Waals surface area (Å²) < 4.78 is 0. The van der Waals surface area contributed by atoms with Gasteiger partial charge in [0.05, 0.1) is 6.04 Å². The van der Waals surface area contributed by atoms with Gasteiger partial charge in [0.15, 0.2) is 0 Å². The summed E-state index contributed by atoms with van der Waals surface area (Å²) in [6, 6.07) is 2.19. The van der Waals surface area contributed by atoms with Gasteiger partial charge in [0, 0.05) is 12.4 Å². The highest BCUT2D eigenvalue weighted by Gasteiger charge is 2.11. The molecule has 18 heavy (non-hydrogen) atoms. The van der Waals surface area contributed by atoms with Gasteiger partial charge in [-0.05, 0) is 19.0 Å². The maximum atomic E-state index is 4.35. The van der Waals surface area contributed by atoms with Crippen molar-refractivity contribution in [2.24, 2.45) is 0 Å². The van der Waals surface area contributed by atoms with Gasteiger partial charge >= 0.3 is 0 Å². The van der Waals surface area contributed by atoms with E-state index in [1.807, 2.05) is 18.5 Å². The molecule has 1 unspecified atom stereocenters. The van der Waals surface area contributed by atoms with Crippen LogP contribution in [-0.4, -0.2) is 16.5 Å². The second kappa shape index (κ2) is 10.0. The smallest absolute Gasteiger partial charge is 0.145 e. The first-order valence-electron chi connectivity index (χ1n) is 7.38. The molecule has 0 radical (unpaired) electrons. The second-order valence-electron chi connectivity index (χ2n) is 4.77. The van der Waals surface area contributed by atoms with E-state index in [4.69, 9.17) is 0 Å². The topological polar surface area (TPSA) is 37.8 Å². The molecule has 0 spiro atoms. The number of hydrogen-bond acceptors (Lipinski definition) is 3. The normalized spacial score (nSPS) is 12.6. The minimum atomic E-state index is 0.322. The predicted octanol–water partition coefficient (Wildman–Crippen LogP) is 3.88. The van der Waals surface area contributed by atoms with E-state index >= 15 is 0 Å². The maximum Gasteiger partial charge on any atom is 0.145 e. The molecule has 1 atom stereocenters. The van der Waals surface area contributed by atoms with Crippen molar-refractivity contribution in [3.05, 3.63) is 24.3 Å². The van der Waals surface area contributed by atoms with Crippen LogP contribution in [0.15, 0.2) is 18.5 Å². The van der Waals surface area contributed by atoms with Crippen LogP contribution >= 0.6 is 0 Å². The van der Waals surface area contributed by atoms with Crippen LogP contribution in [0.25, 0.3) is 0 Å². The van der Waals surface area contributed by atoms with E-state index in [0.29, 0.717) is 6.04 Å². The number of hydrogen-bond donors (Lipinski definition) is 1. The van der Waals surface area contributed by atoms with Gasteiger partial charge in [0.1, 0.15) is 5.82 Å². The van der Waals surface area contributed by atoms with Gasteiger partial charge in [-0.3, -0.25) is 0 Å². The molecule has 3 nitrogen and oxygen atoms in total.